The topological polar surface area (TPSA) is 132 Å². The van der Waals surface area contributed by atoms with Crippen LogP contribution >= 0.6 is 0 Å². The molecule has 0 atom stereocenters. The summed E-state index contributed by atoms with van der Waals surface area (Å²) in [6, 6.07) is 37.8. The van der Waals surface area contributed by atoms with Crippen LogP contribution in [0.4, 0.5) is 5.82 Å². The fourth-order valence-corrected chi connectivity index (χ4v) is 6.63. The van der Waals surface area contributed by atoms with Crippen molar-refractivity contribution >= 4 is 39.3 Å². The summed E-state index contributed by atoms with van der Waals surface area (Å²) in [6.07, 6.45) is 8.20. The molecule has 8 rings (SSSR count). The molecule has 0 aliphatic heterocycles. The number of aryl methyl sites for hydroxylation is 3. The number of hydrogen-bond acceptors (Lipinski definition) is 9. The van der Waals surface area contributed by atoms with Crippen molar-refractivity contribution in [1.82, 2.24) is 39.0 Å². The molecule has 2 N–H and O–H groups in total. The number of nitrogen functional groups attached to an aromatic ring is 1. The van der Waals surface area contributed by atoms with Crippen molar-refractivity contribution in [3.63, 3.8) is 0 Å². The number of anilines is 1. The Kier molecular flexibility index (Phi) is 10.0. The van der Waals surface area contributed by atoms with Crippen molar-refractivity contribution in [2.45, 2.75) is 32.9 Å². The molecular weight excluding hydrogens is 675 g/mol. The summed E-state index contributed by atoms with van der Waals surface area (Å²) in [4.78, 5) is 25.9. The Morgan fingerprint density at radius 2 is 0.963 bits per heavy atom. The number of ether oxygens (including phenoxy) is 2. The summed E-state index contributed by atoms with van der Waals surface area (Å²) in [5, 5.41) is 0. The van der Waals surface area contributed by atoms with Crippen LogP contribution in [0.2, 0.25) is 0 Å². The van der Waals surface area contributed by atoms with Gasteiger partial charge in [-0.2, -0.15) is 0 Å². The van der Waals surface area contributed by atoms with Crippen molar-refractivity contribution in [1.29, 1.82) is 0 Å². The van der Waals surface area contributed by atoms with Crippen LogP contribution in [0.25, 0.3) is 33.5 Å². The van der Waals surface area contributed by atoms with Gasteiger partial charge in [0.2, 0.25) is 0 Å². The summed E-state index contributed by atoms with van der Waals surface area (Å²) in [5.74, 6) is 2.00. The molecule has 4 aromatic carbocycles. The van der Waals surface area contributed by atoms with Gasteiger partial charge in [0.1, 0.15) is 35.2 Å². The van der Waals surface area contributed by atoms with E-state index in [4.69, 9.17) is 15.2 Å². The fraction of sp³-hybridized carbons (Fsp3) is 0.163. The molecule has 0 aliphatic rings. The SMILES string of the molecule is Cc1ncnc2c1ncn2CCCOc1ccc(C(=C(c2ccccc2)c2ccccc2)c2ccc(OCCCn3cnc4c(N)ncnc43)cc2)cc1. The van der Waals surface area contributed by atoms with E-state index in [0.717, 1.165) is 86.8 Å². The zero-order chi connectivity index (χ0) is 36.7. The highest BCUT2D eigenvalue weighted by Crippen LogP contribution is 2.38. The third kappa shape index (κ3) is 7.38. The number of hydrogen-bond donors (Lipinski definition) is 1. The quantitative estimate of drug-likeness (QED) is 0.0886. The first-order valence-electron chi connectivity index (χ1n) is 18.0. The van der Waals surface area contributed by atoms with E-state index >= 15 is 0 Å². The maximum Gasteiger partial charge on any atom is 0.165 e. The minimum Gasteiger partial charge on any atom is -0.494 e. The zero-order valence-electron chi connectivity index (χ0n) is 29.9. The van der Waals surface area contributed by atoms with Crippen LogP contribution in [0.3, 0.4) is 0 Å². The number of nitrogens with zero attached hydrogens (tertiary/aromatic N) is 8. The van der Waals surface area contributed by atoms with Crippen LogP contribution in [-0.4, -0.2) is 52.3 Å². The molecule has 4 heterocycles. The maximum absolute atomic E-state index is 6.21. The Morgan fingerprint density at radius 3 is 1.48 bits per heavy atom. The van der Waals surface area contributed by atoms with Crippen LogP contribution in [0.15, 0.2) is 135 Å². The Hall–Kier alpha value is -6.88. The van der Waals surface area contributed by atoms with E-state index in [9.17, 15) is 0 Å². The van der Waals surface area contributed by atoms with E-state index in [1.54, 1.807) is 12.7 Å². The molecule has 11 heteroatoms. The standard InChI is InChI=1S/C43H39N9O2/c1-30-39-42(47-26-45-30)51(28-49-39)22-8-24-53-35-18-14-33(15-19-35)38(37(31-10-4-2-5-11-31)32-12-6-3-7-13-32)34-16-20-36(21-17-34)54-25-9-23-52-29-50-40-41(44)46-27-48-43(40)52/h2-7,10-21,26-29H,8-9,22-25H2,1H3,(H2,44,46,48). The van der Waals surface area contributed by atoms with Crippen molar-refractivity contribution in [3.05, 3.63) is 162 Å². The highest BCUT2D eigenvalue weighted by molar-refractivity contribution is 6.04. The van der Waals surface area contributed by atoms with Gasteiger partial charge in [0.15, 0.2) is 17.1 Å². The maximum atomic E-state index is 6.21. The van der Waals surface area contributed by atoms with Crippen molar-refractivity contribution in [2.24, 2.45) is 0 Å². The van der Waals surface area contributed by atoms with E-state index in [2.05, 4.69) is 103 Å². The second kappa shape index (κ2) is 15.8. The minimum atomic E-state index is 0.383. The predicted molar refractivity (Wildman–Crippen MR) is 211 cm³/mol. The average molecular weight is 714 g/mol. The van der Waals surface area contributed by atoms with Gasteiger partial charge in [0.25, 0.3) is 0 Å². The molecule has 4 aromatic heterocycles. The first kappa shape index (κ1) is 34.2. The van der Waals surface area contributed by atoms with Gasteiger partial charge in [-0.3, -0.25) is 0 Å². The third-order valence-electron chi connectivity index (χ3n) is 9.30. The number of aromatic nitrogens is 8. The van der Waals surface area contributed by atoms with Gasteiger partial charge in [0, 0.05) is 13.1 Å². The molecule has 0 saturated carbocycles. The first-order valence-corrected chi connectivity index (χ1v) is 18.0. The number of rotatable bonds is 14. The molecule has 0 radical (unpaired) electrons. The Labute approximate surface area is 312 Å². The van der Waals surface area contributed by atoms with Gasteiger partial charge in [-0.15, -0.1) is 0 Å². The summed E-state index contributed by atoms with van der Waals surface area (Å²) in [7, 11) is 0. The van der Waals surface area contributed by atoms with Crippen LogP contribution in [0.5, 0.6) is 11.5 Å². The molecule has 0 spiro atoms. The lowest BCUT2D eigenvalue weighted by atomic mass is 9.86. The summed E-state index contributed by atoms with van der Waals surface area (Å²) < 4.78 is 16.4. The smallest absolute Gasteiger partial charge is 0.165 e. The highest BCUT2D eigenvalue weighted by atomic mass is 16.5. The molecular formula is C43H39N9O2. The fourth-order valence-electron chi connectivity index (χ4n) is 6.63. The number of imidazole rings is 2. The summed E-state index contributed by atoms with van der Waals surface area (Å²) >= 11 is 0. The second-order valence-corrected chi connectivity index (χ2v) is 12.9. The second-order valence-electron chi connectivity index (χ2n) is 12.9. The van der Waals surface area contributed by atoms with Gasteiger partial charge in [-0.1, -0.05) is 84.9 Å². The third-order valence-corrected chi connectivity index (χ3v) is 9.30. The van der Waals surface area contributed by atoms with Crippen molar-refractivity contribution in [3.8, 4) is 11.5 Å². The van der Waals surface area contributed by atoms with E-state index in [1.165, 1.54) is 6.33 Å². The molecule has 0 saturated heterocycles. The Bertz CT molecular complexity index is 2340. The molecule has 268 valence electrons. The van der Waals surface area contributed by atoms with Crippen molar-refractivity contribution in [2.75, 3.05) is 18.9 Å². The number of benzene rings is 4. The van der Waals surface area contributed by atoms with Gasteiger partial charge in [-0.05, 0) is 77.4 Å². The molecule has 8 aromatic rings. The summed E-state index contributed by atoms with van der Waals surface area (Å²) in [5.41, 5.74) is 16.5. The van der Waals surface area contributed by atoms with E-state index in [0.29, 0.717) is 31.1 Å². The molecule has 11 nitrogen and oxygen atoms in total. The van der Waals surface area contributed by atoms with E-state index in [-0.39, 0.29) is 0 Å². The normalized spacial score (nSPS) is 11.2. The van der Waals surface area contributed by atoms with Gasteiger partial charge in [0.05, 0.1) is 31.6 Å². The molecule has 0 unspecified atom stereocenters. The lowest BCUT2D eigenvalue weighted by molar-refractivity contribution is 0.302. The number of fused-ring (bicyclic) bond motifs is 2. The first-order chi connectivity index (χ1) is 26.6. The van der Waals surface area contributed by atoms with E-state index < -0.39 is 0 Å². The monoisotopic (exact) mass is 713 g/mol. The van der Waals surface area contributed by atoms with Gasteiger partial charge >= 0.3 is 0 Å². The van der Waals surface area contributed by atoms with Crippen LogP contribution < -0.4 is 15.2 Å². The Balaban J connectivity index is 1.01. The van der Waals surface area contributed by atoms with Crippen molar-refractivity contribution < 1.29 is 9.47 Å². The lowest BCUT2D eigenvalue weighted by Gasteiger charge is -2.19. The molecule has 0 bridgehead atoms. The summed E-state index contributed by atoms with van der Waals surface area (Å²) in [6.45, 7) is 4.50. The van der Waals surface area contributed by atoms with Crippen LogP contribution in [0.1, 0.15) is 40.8 Å². The van der Waals surface area contributed by atoms with Gasteiger partial charge < -0.3 is 24.3 Å². The van der Waals surface area contributed by atoms with E-state index in [1.807, 2.05) is 58.8 Å². The molecule has 0 aliphatic carbocycles. The largest absolute Gasteiger partial charge is 0.494 e. The molecule has 0 fully saturated rings. The Morgan fingerprint density at radius 1 is 0.519 bits per heavy atom. The average Bonchev–Trinajstić information content (AvgIpc) is 3.84. The van der Waals surface area contributed by atoms with Crippen LogP contribution in [0, 0.1) is 6.92 Å². The zero-order valence-corrected chi connectivity index (χ0v) is 29.9. The molecule has 54 heavy (non-hydrogen) atoms. The molecule has 0 amide bonds. The highest BCUT2D eigenvalue weighted by Gasteiger charge is 2.17. The van der Waals surface area contributed by atoms with Crippen LogP contribution in [-0.2, 0) is 13.1 Å². The number of nitrogens with two attached hydrogens (primary N) is 1. The minimum absolute atomic E-state index is 0.383. The van der Waals surface area contributed by atoms with Gasteiger partial charge in [-0.25, -0.2) is 29.9 Å². The predicted octanol–water partition coefficient (Wildman–Crippen LogP) is 7.80. The lowest BCUT2D eigenvalue weighted by Crippen LogP contribution is -2.05.